The van der Waals surface area contributed by atoms with Crippen LogP contribution in [0.4, 0.5) is 20.2 Å². The maximum absolute atomic E-state index is 13.4. The molecule has 0 bridgehead atoms. The molecule has 1 unspecified atom stereocenters. The molecule has 1 aliphatic rings. The van der Waals surface area contributed by atoms with Crippen molar-refractivity contribution in [2.75, 3.05) is 11.9 Å². The predicted octanol–water partition coefficient (Wildman–Crippen LogP) is 5.52. The molecule has 7 heteroatoms. The Morgan fingerprint density at radius 3 is 2.80 bits per heavy atom. The highest BCUT2D eigenvalue weighted by molar-refractivity contribution is 9.10. The largest absolute Gasteiger partial charge is 0.356 e. The average molecular weight is 408 g/mol. The van der Waals surface area contributed by atoms with Crippen molar-refractivity contribution >= 4 is 38.2 Å². The highest BCUT2D eigenvalue weighted by atomic mass is 79.9. The van der Waals surface area contributed by atoms with Gasteiger partial charge in [0.05, 0.1) is 17.4 Å². The average Bonchev–Trinajstić information content (AvgIpc) is 3.02. The molecule has 25 heavy (non-hydrogen) atoms. The SMILES string of the molecule is Fc1ccc(Nc2cc3cnn(C4CCCCO4)c3cc2Br)cc1F. The van der Waals surface area contributed by atoms with Gasteiger partial charge in [-0.1, -0.05) is 0 Å². The standard InChI is InChI=1S/C18H16BrF2N3O/c19-13-9-17-11(10-22-24(17)18-3-1-2-6-25-18)7-16(13)23-12-4-5-14(20)15(21)8-12/h4-5,7-10,18,23H,1-3,6H2. The van der Waals surface area contributed by atoms with Crippen molar-refractivity contribution < 1.29 is 13.5 Å². The van der Waals surface area contributed by atoms with Crippen LogP contribution in [0, 0.1) is 11.6 Å². The molecule has 1 atom stereocenters. The number of rotatable bonds is 3. The normalized spacial score (nSPS) is 17.8. The first-order valence-corrected chi connectivity index (χ1v) is 8.91. The van der Waals surface area contributed by atoms with E-state index in [1.54, 1.807) is 6.20 Å². The Bertz CT molecular complexity index is 922. The van der Waals surface area contributed by atoms with Crippen LogP contribution in [0.2, 0.25) is 0 Å². The van der Waals surface area contributed by atoms with E-state index >= 15 is 0 Å². The van der Waals surface area contributed by atoms with Crippen molar-refractivity contribution in [2.24, 2.45) is 0 Å². The Labute approximate surface area is 151 Å². The topological polar surface area (TPSA) is 39.1 Å². The van der Waals surface area contributed by atoms with E-state index in [9.17, 15) is 8.78 Å². The van der Waals surface area contributed by atoms with E-state index in [4.69, 9.17) is 4.74 Å². The molecule has 1 fully saturated rings. The van der Waals surface area contributed by atoms with E-state index in [-0.39, 0.29) is 6.23 Å². The van der Waals surface area contributed by atoms with Gasteiger partial charge in [-0.05, 0) is 59.5 Å². The summed E-state index contributed by atoms with van der Waals surface area (Å²) in [4.78, 5) is 0. The van der Waals surface area contributed by atoms with Gasteiger partial charge in [-0.2, -0.15) is 5.10 Å². The monoisotopic (exact) mass is 407 g/mol. The van der Waals surface area contributed by atoms with Crippen LogP contribution in [-0.4, -0.2) is 16.4 Å². The van der Waals surface area contributed by atoms with Gasteiger partial charge in [0.2, 0.25) is 0 Å². The van der Waals surface area contributed by atoms with Crippen LogP contribution >= 0.6 is 15.9 Å². The summed E-state index contributed by atoms with van der Waals surface area (Å²) >= 11 is 3.54. The summed E-state index contributed by atoms with van der Waals surface area (Å²) in [6.45, 7) is 0.753. The fraction of sp³-hybridized carbons (Fsp3) is 0.278. The van der Waals surface area contributed by atoms with E-state index in [2.05, 4.69) is 26.3 Å². The third kappa shape index (κ3) is 3.26. The van der Waals surface area contributed by atoms with Crippen molar-refractivity contribution in [3.63, 3.8) is 0 Å². The first-order chi connectivity index (χ1) is 12.1. The van der Waals surface area contributed by atoms with E-state index in [0.717, 1.165) is 59.1 Å². The molecule has 0 aliphatic carbocycles. The molecular formula is C18H16BrF2N3O. The number of aromatic nitrogens is 2. The lowest BCUT2D eigenvalue weighted by Crippen LogP contribution is -2.18. The van der Waals surface area contributed by atoms with Crippen LogP contribution in [0.15, 0.2) is 41.0 Å². The molecular weight excluding hydrogens is 392 g/mol. The second-order valence-electron chi connectivity index (χ2n) is 6.06. The van der Waals surface area contributed by atoms with E-state index < -0.39 is 11.6 Å². The second kappa shape index (κ2) is 6.72. The highest BCUT2D eigenvalue weighted by Gasteiger charge is 2.19. The number of nitrogens with one attached hydrogen (secondary N) is 1. The van der Waals surface area contributed by atoms with Crippen molar-refractivity contribution in [1.29, 1.82) is 0 Å². The highest BCUT2D eigenvalue weighted by Crippen LogP contribution is 2.33. The molecule has 0 saturated carbocycles. The van der Waals surface area contributed by atoms with Gasteiger partial charge in [-0.25, -0.2) is 13.5 Å². The lowest BCUT2D eigenvalue weighted by atomic mass is 10.2. The molecule has 2 heterocycles. The minimum Gasteiger partial charge on any atom is -0.356 e. The summed E-state index contributed by atoms with van der Waals surface area (Å²) in [7, 11) is 0. The number of halogens is 3. The summed E-state index contributed by atoms with van der Waals surface area (Å²) < 4.78 is 35.0. The van der Waals surface area contributed by atoms with Crippen LogP contribution in [0.1, 0.15) is 25.5 Å². The van der Waals surface area contributed by atoms with Crippen molar-refractivity contribution in [3.8, 4) is 0 Å². The Hall–Kier alpha value is -1.99. The zero-order valence-corrected chi connectivity index (χ0v) is 14.9. The van der Waals surface area contributed by atoms with Gasteiger partial charge >= 0.3 is 0 Å². The number of benzene rings is 2. The van der Waals surface area contributed by atoms with Crippen LogP contribution in [0.5, 0.6) is 0 Å². The Morgan fingerprint density at radius 2 is 2.04 bits per heavy atom. The third-order valence-electron chi connectivity index (χ3n) is 4.31. The fourth-order valence-corrected chi connectivity index (χ4v) is 3.47. The number of hydrogen-bond donors (Lipinski definition) is 1. The summed E-state index contributed by atoms with van der Waals surface area (Å²) in [6, 6.07) is 7.61. The number of hydrogen-bond acceptors (Lipinski definition) is 3. The molecule has 1 N–H and O–H groups in total. The lowest BCUT2D eigenvalue weighted by molar-refractivity contribution is -0.0366. The Kier molecular flexibility index (Phi) is 4.43. The maximum atomic E-state index is 13.4. The zero-order chi connectivity index (χ0) is 17.4. The van der Waals surface area contributed by atoms with Gasteiger partial charge in [0.15, 0.2) is 17.9 Å². The number of nitrogens with zero attached hydrogens (tertiary/aromatic N) is 2. The maximum Gasteiger partial charge on any atom is 0.160 e. The number of anilines is 2. The van der Waals surface area contributed by atoms with E-state index in [1.807, 2.05) is 16.8 Å². The molecule has 1 saturated heterocycles. The van der Waals surface area contributed by atoms with E-state index in [1.165, 1.54) is 6.07 Å². The van der Waals surface area contributed by atoms with Gasteiger partial charge in [0, 0.05) is 28.2 Å². The van der Waals surface area contributed by atoms with Gasteiger partial charge in [-0.3, -0.25) is 0 Å². The molecule has 1 aliphatic heterocycles. The van der Waals surface area contributed by atoms with Gasteiger partial charge in [0.1, 0.15) is 0 Å². The van der Waals surface area contributed by atoms with Gasteiger partial charge in [-0.15, -0.1) is 0 Å². The lowest BCUT2D eigenvalue weighted by Gasteiger charge is -2.23. The van der Waals surface area contributed by atoms with Crippen LogP contribution in [-0.2, 0) is 4.74 Å². The third-order valence-corrected chi connectivity index (χ3v) is 4.97. The number of fused-ring (bicyclic) bond motifs is 1. The summed E-state index contributed by atoms with van der Waals surface area (Å²) in [5.74, 6) is -1.75. The van der Waals surface area contributed by atoms with Crippen LogP contribution < -0.4 is 5.32 Å². The quantitative estimate of drug-likeness (QED) is 0.621. The minimum absolute atomic E-state index is 0.0387. The summed E-state index contributed by atoms with van der Waals surface area (Å²) in [6.07, 6.45) is 4.91. The molecule has 4 rings (SSSR count). The van der Waals surface area contributed by atoms with E-state index in [0.29, 0.717) is 5.69 Å². The molecule has 4 nitrogen and oxygen atoms in total. The van der Waals surface area contributed by atoms with Crippen LogP contribution in [0.25, 0.3) is 10.9 Å². The Balaban J connectivity index is 1.66. The van der Waals surface area contributed by atoms with Crippen molar-refractivity contribution in [2.45, 2.75) is 25.5 Å². The predicted molar refractivity (Wildman–Crippen MR) is 95.9 cm³/mol. The fourth-order valence-electron chi connectivity index (χ4n) is 3.04. The van der Waals surface area contributed by atoms with Crippen molar-refractivity contribution in [1.82, 2.24) is 9.78 Å². The number of ether oxygens (including phenoxy) is 1. The molecule has 2 aromatic carbocycles. The molecule has 3 aromatic rings. The molecule has 0 spiro atoms. The summed E-state index contributed by atoms with van der Waals surface area (Å²) in [5.41, 5.74) is 2.19. The molecule has 130 valence electrons. The minimum atomic E-state index is -0.885. The molecule has 0 amide bonds. The first kappa shape index (κ1) is 16.5. The molecule has 0 radical (unpaired) electrons. The smallest absolute Gasteiger partial charge is 0.160 e. The van der Waals surface area contributed by atoms with Gasteiger partial charge < -0.3 is 10.1 Å². The molecule has 1 aromatic heterocycles. The van der Waals surface area contributed by atoms with Crippen molar-refractivity contribution in [3.05, 3.63) is 52.6 Å². The second-order valence-corrected chi connectivity index (χ2v) is 6.91. The van der Waals surface area contributed by atoms with Crippen LogP contribution in [0.3, 0.4) is 0 Å². The van der Waals surface area contributed by atoms with Gasteiger partial charge in [0.25, 0.3) is 0 Å². The summed E-state index contributed by atoms with van der Waals surface area (Å²) in [5, 5.41) is 8.51. The Morgan fingerprint density at radius 1 is 1.16 bits per heavy atom. The zero-order valence-electron chi connectivity index (χ0n) is 13.3. The first-order valence-electron chi connectivity index (χ1n) is 8.12.